The van der Waals surface area contributed by atoms with Crippen molar-refractivity contribution in [3.8, 4) is 11.5 Å². The summed E-state index contributed by atoms with van der Waals surface area (Å²) >= 11 is 0. The van der Waals surface area contributed by atoms with Crippen molar-refractivity contribution < 1.29 is 34.1 Å². The Balaban J connectivity index is 1.92. The summed E-state index contributed by atoms with van der Waals surface area (Å²) in [5.41, 5.74) is 2.07. The number of carbonyl (C=O) groups is 3. The zero-order valence-corrected chi connectivity index (χ0v) is 21.6. The van der Waals surface area contributed by atoms with Crippen molar-refractivity contribution in [1.29, 1.82) is 0 Å². The summed E-state index contributed by atoms with van der Waals surface area (Å²) in [4.78, 5) is 40.5. The van der Waals surface area contributed by atoms with Gasteiger partial charge in [0.1, 0.15) is 17.3 Å². The van der Waals surface area contributed by atoms with Gasteiger partial charge in [0, 0.05) is 11.3 Å². The third-order valence-corrected chi connectivity index (χ3v) is 6.41. The molecule has 0 saturated carbocycles. The normalized spacial score (nSPS) is 16.7. The Morgan fingerprint density at radius 1 is 1.00 bits per heavy atom. The highest BCUT2D eigenvalue weighted by molar-refractivity contribution is 6.51. The van der Waals surface area contributed by atoms with Gasteiger partial charge in [-0.1, -0.05) is 32.0 Å². The molecular formula is C30H29NO7. The number of Topliss-reactive ketones (excluding diaryl/α,β-unsaturated/α-hetero) is 1. The number of rotatable bonds is 7. The number of amides is 1. The van der Waals surface area contributed by atoms with E-state index >= 15 is 0 Å². The molecule has 1 saturated heterocycles. The van der Waals surface area contributed by atoms with E-state index in [4.69, 9.17) is 9.47 Å². The Labute approximate surface area is 220 Å². The minimum atomic E-state index is -1.02. The molecule has 1 unspecified atom stereocenters. The minimum Gasteiger partial charge on any atom is -0.508 e. The number of nitrogens with zero attached hydrogens (tertiary/aromatic N) is 1. The molecule has 1 heterocycles. The number of aliphatic hydroxyl groups excluding tert-OH is 1. The Hall–Kier alpha value is -4.59. The van der Waals surface area contributed by atoms with Crippen LogP contribution >= 0.6 is 0 Å². The third-order valence-electron chi connectivity index (χ3n) is 6.41. The quantitative estimate of drug-likeness (QED) is 0.189. The van der Waals surface area contributed by atoms with Crippen molar-refractivity contribution in [2.75, 3.05) is 18.6 Å². The molecule has 0 aromatic heterocycles. The molecule has 1 aliphatic heterocycles. The lowest BCUT2D eigenvalue weighted by Gasteiger charge is -2.26. The van der Waals surface area contributed by atoms with Gasteiger partial charge in [-0.05, 0) is 72.5 Å². The van der Waals surface area contributed by atoms with E-state index in [-0.39, 0.29) is 40.9 Å². The first-order chi connectivity index (χ1) is 18.2. The predicted octanol–water partition coefficient (Wildman–Crippen LogP) is 5.33. The summed E-state index contributed by atoms with van der Waals surface area (Å²) in [7, 11) is 1.56. The van der Waals surface area contributed by atoms with Crippen LogP contribution in [-0.4, -0.2) is 41.6 Å². The highest BCUT2D eigenvalue weighted by atomic mass is 16.5. The molecule has 38 heavy (non-hydrogen) atoms. The van der Waals surface area contributed by atoms with Crippen LogP contribution in [0.5, 0.6) is 11.5 Å². The topological polar surface area (TPSA) is 113 Å². The minimum absolute atomic E-state index is 0.00624. The van der Waals surface area contributed by atoms with Gasteiger partial charge in [0.05, 0.1) is 30.9 Å². The van der Waals surface area contributed by atoms with Crippen LogP contribution in [0.4, 0.5) is 5.69 Å². The monoisotopic (exact) mass is 515 g/mol. The van der Waals surface area contributed by atoms with Gasteiger partial charge in [-0.25, -0.2) is 4.79 Å². The number of aliphatic hydroxyl groups is 1. The zero-order valence-electron chi connectivity index (χ0n) is 21.6. The largest absolute Gasteiger partial charge is 0.508 e. The van der Waals surface area contributed by atoms with E-state index in [1.54, 1.807) is 62.6 Å². The van der Waals surface area contributed by atoms with Crippen LogP contribution in [0.15, 0.2) is 72.3 Å². The maximum atomic E-state index is 13.4. The van der Waals surface area contributed by atoms with Crippen LogP contribution in [0, 0.1) is 0 Å². The lowest BCUT2D eigenvalue weighted by Crippen LogP contribution is -2.29. The number of hydrogen-bond donors (Lipinski definition) is 2. The molecule has 8 heteroatoms. The van der Waals surface area contributed by atoms with Crippen LogP contribution in [-0.2, 0) is 14.3 Å². The standard InChI is InChI=1S/C30H29NO7/c1-5-38-30(36)20-7-6-8-21(15-20)31-26(18-9-12-22(32)13-10-18)25(28(34)29(31)35)27(33)19-11-14-24(37-4)23(16-19)17(2)3/h6-17,26,32-33H,5H2,1-4H3/b27-25-. The highest BCUT2D eigenvalue weighted by Gasteiger charge is 2.47. The fraction of sp³-hybridized carbons (Fsp3) is 0.233. The van der Waals surface area contributed by atoms with Gasteiger partial charge in [-0.2, -0.15) is 0 Å². The first-order valence-electron chi connectivity index (χ1n) is 12.2. The summed E-state index contributed by atoms with van der Waals surface area (Å²) in [6, 6.07) is 16.3. The molecule has 0 spiro atoms. The van der Waals surface area contributed by atoms with Crippen molar-refractivity contribution in [3.63, 3.8) is 0 Å². The number of phenols is 1. The van der Waals surface area contributed by atoms with Gasteiger partial charge in [0.25, 0.3) is 11.7 Å². The molecular weight excluding hydrogens is 486 g/mol. The number of ether oxygens (including phenoxy) is 2. The number of carbonyl (C=O) groups excluding carboxylic acids is 3. The maximum absolute atomic E-state index is 13.4. The van der Waals surface area contributed by atoms with E-state index in [9.17, 15) is 24.6 Å². The molecule has 1 fully saturated rings. The van der Waals surface area contributed by atoms with Crippen LogP contribution in [0.1, 0.15) is 59.8 Å². The van der Waals surface area contributed by atoms with Crippen molar-refractivity contribution >= 4 is 29.1 Å². The molecule has 1 atom stereocenters. The number of anilines is 1. The number of hydrogen-bond acceptors (Lipinski definition) is 7. The van der Waals surface area contributed by atoms with Gasteiger partial charge >= 0.3 is 5.97 Å². The molecule has 4 rings (SSSR count). The summed E-state index contributed by atoms with van der Waals surface area (Å²) in [5.74, 6) is -1.91. The molecule has 8 nitrogen and oxygen atoms in total. The number of benzene rings is 3. The molecule has 196 valence electrons. The highest BCUT2D eigenvalue weighted by Crippen LogP contribution is 2.43. The Morgan fingerprint density at radius 2 is 1.71 bits per heavy atom. The SMILES string of the molecule is CCOC(=O)c1cccc(N2C(=O)C(=O)/C(=C(\O)c3ccc(OC)c(C(C)C)c3)C2c2ccc(O)cc2)c1. The third kappa shape index (κ3) is 4.85. The van der Waals surface area contributed by atoms with Crippen LogP contribution in [0.25, 0.3) is 5.76 Å². The average molecular weight is 516 g/mol. The van der Waals surface area contributed by atoms with Crippen LogP contribution in [0.2, 0.25) is 0 Å². The van der Waals surface area contributed by atoms with Gasteiger partial charge in [0.15, 0.2) is 0 Å². The van der Waals surface area contributed by atoms with E-state index < -0.39 is 23.7 Å². The molecule has 3 aromatic rings. The molecule has 2 N–H and O–H groups in total. The van der Waals surface area contributed by atoms with Crippen molar-refractivity contribution in [1.82, 2.24) is 0 Å². The zero-order chi connectivity index (χ0) is 27.6. The van der Waals surface area contributed by atoms with E-state index in [0.717, 1.165) is 5.56 Å². The lowest BCUT2D eigenvalue weighted by molar-refractivity contribution is -0.132. The number of methoxy groups -OCH3 is 1. The smallest absolute Gasteiger partial charge is 0.338 e. The van der Waals surface area contributed by atoms with Crippen molar-refractivity contribution in [2.24, 2.45) is 0 Å². The molecule has 1 aliphatic rings. The predicted molar refractivity (Wildman–Crippen MR) is 142 cm³/mol. The van der Waals surface area contributed by atoms with Gasteiger partial charge in [0.2, 0.25) is 0 Å². The maximum Gasteiger partial charge on any atom is 0.338 e. The first-order valence-corrected chi connectivity index (χ1v) is 12.2. The van der Waals surface area contributed by atoms with E-state index in [1.807, 2.05) is 13.8 Å². The molecule has 0 bridgehead atoms. The fourth-order valence-corrected chi connectivity index (χ4v) is 4.56. The van der Waals surface area contributed by atoms with Gasteiger partial charge in [-0.3, -0.25) is 14.5 Å². The Bertz CT molecular complexity index is 1420. The summed E-state index contributed by atoms with van der Waals surface area (Å²) in [6.07, 6.45) is 0. The van der Waals surface area contributed by atoms with Gasteiger partial charge < -0.3 is 19.7 Å². The number of phenolic OH excluding ortho intramolecular Hbond substituents is 1. The molecule has 3 aromatic carbocycles. The van der Waals surface area contributed by atoms with Crippen LogP contribution in [0.3, 0.4) is 0 Å². The number of aromatic hydroxyl groups is 1. The Kier molecular flexibility index (Phi) is 7.52. The summed E-state index contributed by atoms with van der Waals surface area (Å²) in [6.45, 7) is 5.83. The van der Waals surface area contributed by atoms with E-state index in [1.165, 1.54) is 23.1 Å². The lowest BCUT2D eigenvalue weighted by atomic mass is 9.93. The average Bonchev–Trinajstić information content (AvgIpc) is 3.18. The molecule has 0 aliphatic carbocycles. The summed E-state index contributed by atoms with van der Waals surface area (Å²) in [5, 5.41) is 21.3. The fourth-order valence-electron chi connectivity index (χ4n) is 4.56. The second-order valence-corrected chi connectivity index (χ2v) is 9.14. The molecule has 0 radical (unpaired) electrons. The van der Waals surface area contributed by atoms with Crippen molar-refractivity contribution in [3.05, 3.63) is 94.6 Å². The second kappa shape index (κ2) is 10.8. The van der Waals surface area contributed by atoms with Gasteiger partial charge in [-0.15, -0.1) is 0 Å². The second-order valence-electron chi connectivity index (χ2n) is 9.14. The van der Waals surface area contributed by atoms with Crippen LogP contribution < -0.4 is 9.64 Å². The summed E-state index contributed by atoms with van der Waals surface area (Å²) < 4.78 is 10.5. The van der Waals surface area contributed by atoms with E-state index in [2.05, 4.69) is 0 Å². The number of esters is 1. The number of ketones is 1. The molecule has 1 amide bonds. The van der Waals surface area contributed by atoms with E-state index in [0.29, 0.717) is 16.9 Å². The first kappa shape index (κ1) is 26.5. The van der Waals surface area contributed by atoms with Crippen molar-refractivity contribution in [2.45, 2.75) is 32.7 Å². The Morgan fingerprint density at radius 3 is 2.34 bits per heavy atom.